The van der Waals surface area contributed by atoms with Crippen LogP contribution in [0.2, 0.25) is 0 Å². The zero-order chi connectivity index (χ0) is 12.0. The fourth-order valence-electron chi connectivity index (χ4n) is 2.12. The van der Waals surface area contributed by atoms with E-state index in [4.69, 9.17) is 5.73 Å². The van der Waals surface area contributed by atoms with Crippen molar-refractivity contribution in [2.45, 2.75) is 6.92 Å². The van der Waals surface area contributed by atoms with E-state index in [-0.39, 0.29) is 0 Å². The van der Waals surface area contributed by atoms with Crippen molar-refractivity contribution >= 4 is 16.9 Å². The second kappa shape index (κ2) is 3.38. The van der Waals surface area contributed by atoms with E-state index in [1.165, 1.54) is 5.39 Å². The van der Waals surface area contributed by atoms with Gasteiger partial charge in [-0.1, -0.05) is 18.2 Å². The molecule has 4 nitrogen and oxygen atoms in total. The second-order valence-corrected chi connectivity index (χ2v) is 4.21. The average Bonchev–Trinajstić information content (AvgIpc) is 2.86. The topological polar surface area (TPSA) is 59.6 Å². The minimum absolute atomic E-state index is 0.544. The van der Waals surface area contributed by atoms with Gasteiger partial charge in [0.25, 0.3) is 0 Å². The number of aromatic nitrogens is 3. The van der Waals surface area contributed by atoms with Gasteiger partial charge in [-0.3, -0.25) is 0 Å². The number of nitrogens with zero attached hydrogens (tertiary/aromatic N) is 2. The quantitative estimate of drug-likeness (QED) is 0.669. The van der Waals surface area contributed by atoms with Gasteiger partial charge in [-0.2, -0.15) is 0 Å². The first-order valence-corrected chi connectivity index (χ1v) is 5.54. The molecule has 0 aliphatic heterocycles. The first-order chi connectivity index (χ1) is 8.18. The van der Waals surface area contributed by atoms with Gasteiger partial charge in [0.2, 0.25) is 5.95 Å². The summed E-state index contributed by atoms with van der Waals surface area (Å²) < 4.78 is 1.90. The van der Waals surface area contributed by atoms with E-state index in [0.717, 1.165) is 22.5 Å². The highest BCUT2D eigenvalue weighted by Gasteiger charge is 2.14. The average molecular weight is 226 g/mol. The molecule has 3 N–H and O–H groups in total. The summed E-state index contributed by atoms with van der Waals surface area (Å²) in [5.41, 5.74) is 10.1. The van der Waals surface area contributed by atoms with E-state index in [0.29, 0.717) is 5.95 Å². The van der Waals surface area contributed by atoms with Crippen LogP contribution in [0.3, 0.4) is 0 Å². The van der Waals surface area contributed by atoms with E-state index < -0.39 is 0 Å². The number of benzene rings is 1. The molecular weight excluding hydrogens is 212 g/mol. The molecule has 0 unspecified atom stereocenters. The van der Waals surface area contributed by atoms with Crippen molar-refractivity contribution in [1.82, 2.24) is 14.5 Å². The Morgan fingerprint density at radius 3 is 2.76 bits per heavy atom. The van der Waals surface area contributed by atoms with Crippen molar-refractivity contribution in [2.75, 3.05) is 5.73 Å². The summed E-state index contributed by atoms with van der Waals surface area (Å²) in [5, 5.41) is 1.17. The molecular formula is C13H14N4. The largest absolute Gasteiger partial charge is 0.369 e. The van der Waals surface area contributed by atoms with Crippen molar-refractivity contribution in [3.8, 4) is 11.3 Å². The summed E-state index contributed by atoms with van der Waals surface area (Å²) in [6.45, 7) is 2.03. The smallest absolute Gasteiger partial charge is 0.200 e. The molecule has 0 aliphatic carbocycles. The molecule has 0 spiro atoms. The minimum Gasteiger partial charge on any atom is -0.369 e. The summed E-state index contributed by atoms with van der Waals surface area (Å²) in [4.78, 5) is 7.68. The number of imidazole rings is 1. The SMILES string of the molecule is Cc1c(-c2c[nH]c3ccccc23)nc(N)n1C. The van der Waals surface area contributed by atoms with Crippen LogP contribution in [0, 0.1) is 6.92 Å². The number of rotatable bonds is 1. The summed E-state index contributed by atoms with van der Waals surface area (Å²) >= 11 is 0. The van der Waals surface area contributed by atoms with E-state index in [1.807, 2.05) is 36.9 Å². The van der Waals surface area contributed by atoms with Crippen LogP contribution in [-0.2, 0) is 7.05 Å². The molecule has 0 radical (unpaired) electrons. The Balaban J connectivity index is 2.31. The fourth-order valence-corrected chi connectivity index (χ4v) is 2.12. The molecule has 3 rings (SSSR count). The Bertz CT molecular complexity index is 691. The van der Waals surface area contributed by atoms with Crippen molar-refractivity contribution in [2.24, 2.45) is 7.05 Å². The fraction of sp³-hybridized carbons (Fsp3) is 0.154. The molecule has 0 atom stereocenters. The Morgan fingerprint density at radius 2 is 2.06 bits per heavy atom. The Kier molecular flexibility index (Phi) is 1.98. The molecule has 86 valence electrons. The van der Waals surface area contributed by atoms with Crippen LogP contribution in [0.4, 0.5) is 5.95 Å². The van der Waals surface area contributed by atoms with Crippen LogP contribution in [-0.4, -0.2) is 14.5 Å². The molecule has 3 aromatic rings. The lowest BCUT2D eigenvalue weighted by Crippen LogP contribution is -1.97. The maximum Gasteiger partial charge on any atom is 0.200 e. The second-order valence-electron chi connectivity index (χ2n) is 4.21. The molecule has 0 fully saturated rings. The lowest BCUT2D eigenvalue weighted by Gasteiger charge is -1.98. The highest BCUT2D eigenvalue weighted by atomic mass is 15.1. The molecule has 0 saturated carbocycles. The Hall–Kier alpha value is -2.23. The summed E-state index contributed by atoms with van der Waals surface area (Å²) in [6.07, 6.45) is 1.99. The number of fused-ring (bicyclic) bond motifs is 1. The first-order valence-electron chi connectivity index (χ1n) is 5.54. The van der Waals surface area contributed by atoms with Crippen molar-refractivity contribution in [3.05, 3.63) is 36.2 Å². The van der Waals surface area contributed by atoms with Gasteiger partial charge in [-0.25, -0.2) is 4.98 Å². The number of anilines is 1. The van der Waals surface area contributed by atoms with Gasteiger partial charge >= 0.3 is 0 Å². The van der Waals surface area contributed by atoms with Gasteiger partial charge in [-0.05, 0) is 13.0 Å². The van der Waals surface area contributed by atoms with Crippen molar-refractivity contribution in [1.29, 1.82) is 0 Å². The van der Waals surface area contributed by atoms with Crippen molar-refractivity contribution < 1.29 is 0 Å². The van der Waals surface area contributed by atoms with Gasteiger partial charge in [0.1, 0.15) is 0 Å². The van der Waals surface area contributed by atoms with Gasteiger partial charge in [0.05, 0.1) is 5.69 Å². The number of nitrogens with one attached hydrogen (secondary N) is 1. The van der Waals surface area contributed by atoms with E-state index in [2.05, 4.69) is 22.1 Å². The molecule has 0 aliphatic rings. The minimum atomic E-state index is 0.544. The molecule has 0 saturated heterocycles. The van der Waals surface area contributed by atoms with Crippen LogP contribution < -0.4 is 5.73 Å². The lowest BCUT2D eigenvalue weighted by atomic mass is 10.1. The highest BCUT2D eigenvalue weighted by Crippen LogP contribution is 2.30. The highest BCUT2D eigenvalue weighted by molar-refractivity contribution is 5.95. The van der Waals surface area contributed by atoms with Crippen LogP contribution >= 0.6 is 0 Å². The number of H-pyrrole nitrogens is 1. The van der Waals surface area contributed by atoms with Crippen LogP contribution in [0.25, 0.3) is 22.2 Å². The van der Waals surface area contributed by atoms with Gasteiger partial charge in [0.15, 0.2) is 0 Å². The van der Waals surface area contributed by atoms with E-state index >= 15 is 0 Å². The molecule has 0 bridgehead atoms. The summed E-state index contributed by atoms with van der Waals surface area (Å²) in [5.74, 6) is 0.544. The van der Waals surface area contributed by atoms with Gasteiger partial charge < -0.3 is 15.3 Å². The van der Waals surface area contributed by atoms with Crippen molar-refractivity contribution in [3.63, 3.8) is 0 Å². The molecule has 2 aromatic heterocycles. The lowest BCUT2D eigenvalue weighted by molar-refractivity contribution is 0.889. The maximum atomic E-state index is 5.83. The maximum absolute atomic E-state index is 5.83. The zero-order valence-electron chi connectivity index (χ0n) is 9.86. The number of nitrogens with two attached hydrogens (primary N) is 1. The number of hydrogen-bond donors (Lipinski definition) is 2. The number of para-hydroxylation sites is 1. The number of hydrogen-bond acceptors (Lipinski definition) is 2. The summed E-state index contributed by atoms with van der Waals surface area (Å²) in [6, 6.07) is 8.19. The standard InChI is InChI=1S/C13H14N4/c1-8-12(16-13(14)17(8)2)10-7-15-11-6-4-3-5-9(10)11/h3-7,15H,1-2H3,(H2,14,16). The molecule has 17 heavy (non-hydrogen) atoms. The third kappa shape index (κ3) is 1.34. The van der Waals surface area contributed by atoms with E-state index in [1.54, 1.807) is 0 Å². The van der Waals surface area contributed by atoms with Crippen LogP contribution in [0.15, 0.2) is 30.5 Å². The molecule has 4 heteroatoms. The van der Waals surface area contributed by atoms with Crippen LogP contribution in [0.1, 0.15) is 5.69 Å². The zero-order valence-corrected chi connectivity index (χ0v) is 9.86. The predicted molar refractivity (Wildman–Crippen MR) is 69.7 cm³/mol. The molecule has 2 heterocycles. The first kappa shape index (κ1) is 9.96. The third-order valence-electron chi connectivity index (χ3n) is 3.26. The Morgan fingerprint density at radius 1 is 1.29 bits per heavy atom. The third-order valence-corrected chi connectivity index (χ3v) is 3.26. The Labute approximate surface area is 99.1 Å². The van der Waals surface area contributed by atoms with Gasteiger partial charge in [0, 0.05) is 35.4 Å². The number of aromatic amines is 1. The predicted octanol–water partition coefficient (Wildman–Crippen LogP) is 2.46. The van der Waals surface area contributed by atoms with Gasteiger partial charge in [-0.15, -0.1) is 0 Å². The normalized spacial score (nSPS) is 11.2. The molecule has 1 aromatic carbocycles. The van der Waals surface area contributed by atoms with Crippen LogP contribution in [0.5, 0.6) is 0 Å². The van der Waals surface area contributed by atoms with E-state index in [9.17, 15) is 0 Å². The monoisotopic (exact) mass is 226 g/mol. The number of nitrogen functional groups attached to an aromatic ring is 1. The summed E-state index contributed by atoms with van der Waals surface area (Å²) in [7, 11) is 1.93. The molecule has 0 amide bonds.